The normalized spacial score (nSPS) is 9.79. The average molecular weight is 306 g/mol. The Morgan fingerprint density at radius 3 is 1.47 bits per heavy atom. The van der Waals surface area contributed by atoms with Crippen LogP contribution in [0.4, 0.5) is 0 Å². The first-order valence-corrected chi connectivity index (χ1v) is 7.57. The third-order valence-electron chi connectivity index (χ3n) is 1.93. The van der Waals surface area contributed by atoms with Gasteiger partial charge in [0.25, 0.3) is 0 Å². The van der Waals surface area contributed by atoms with Crippen LogP contribution in [0.2, 0.25) is 0 Å². The van der Waals surface area contributed by atoms with Crippen molar-refractivity contribution in [2.75, 3.05) is 26.4 Å². The maximum atomic E-state index is 11.4. The zero-order valence-corrected chi connectivity index (χ0v) is 12.8. The van der Waals surface area contributed by atoms with Gasteiger partial charge in [-0.05, 0) is 0 Å². The summed E-state index contributed by atoms with van der Waals surface area (Å²) >= 11 is -1.57. The van der Waals surface area contributed by atoms with Gasteiger partial charge in [0.2, 0.25) is 0 Å². The summed E-state index contributed by atoms with van der Waals surface area (Å²) in [5, 5.41) is 0. The molecule has 104 valence electrons. The molecule has 0 amide bonds. The van der Waals surface area contributed by atoms with Crippen LogP contribution in [0.25, 0.3) is 0 Å². The molecule has 0 unspecified atom stereocenters. The Labute approximate surface area is 121 Å². The first kappa shape index (κ1) is 18.3. The third kappa shape index (κ3) is 10.9. The standard InChI is InChI=1S/2C6H9O3.Ti/c2*1-2-9-5-6(8)3-4-7;/h2*2-3,5H2,1H3;/q;;+2. The minimum absolute atomic E-state index is 0.105. The monoisotopic (exact) mass is 306 g/mol. The van der Waals surface area contributed by atoms with E-state index in [1.54, 1.807) is 13.8 Å². The van der Waals surface area contributed by atoms with Crippen molar-refractivity contribution >= 4 is 19.7 Å². The van der Waals surface area contributed by atoms with Gasteiger partial charge in [-0.3, -0.25) is 0 Å². The Hall–Kier alpha value is -0.686. The Balaban J connectivity index is 3.89. The molecule has 0 aliphatic rings. The zero-order valence-electron chi connectivity index (χ0n) is 11.2. The van der Waals surface area contributed by atoms with Gasteiger partial charge in [0.15, 0.2) is 0 Å². The number of Topliss-reactive ketones (excluding diaryl/α,β-unsaturated/α-hetero) is 2. The number of hydrogen-bond acceptors (Lipinski definition) is 6. The molecular formula is C12H18O6Ti+2. The molecule has 0 fully saturated rings. The van der Waals surface area contributed by atoms with Crippen molar-refractivity contribution in [3.8, 4) is 0 Å². The van der Waals surface area contributed by atoms with Crippen LogP contribution < -0.4 is 0 Å². The second-order valence-corrected chi connectivity index (χ2v) is 5.81. The van der Waals surface area contributed by atoms with Gasteiger partial charge in [0.1, 0.15) is 0 Å². The summed E-state index contributed by atoms with van der Waals surface area (Å²) in [5.41, 5.74) is 0. The van der Waals surface area contributed by atoms with E-state index >= 15 is 0 Å². The number of carbonyl (C=O) groups excluding carboxylic acids is 4. The molecule has 0 bridgehead atoms. The van der Waals surface area contributed by atoms with E-state index in [2.05, 4.69) is 0 Å². The van der Waals surface area contributed by atoms with Gasteiger partial charge in [-0.2, -0.15) is 0 Å². The Morgan fingerprint density at radius 2 is 1.16 bits per heavy atom. The van der Waals surface area contributed by atoms with E-state index in [9.17, 15) is 19.2 Å². The molecule has 0 aliphatic heterocycles. The summed E-state index contributed by atoms with van der Waals surface area (Å²) in [6, 6.07) is 0. The van der Waals surface area contributed by atoms with Crippen molar-refractivity contribution in [2.24, 2.45) is 0 Å². The van der Waals surface area contributed by atoms with Crippen molar-refractivity contribution in [1.29, 1.82) is 0 Å². The van der Waals surface area contributed by atoms with Gasteiger partial charge in [-0.15, -0.1) is 0 Å². The molecule has 0 N–H and O–H groups in total. The number of hydrogen-bond donors (Lipinski definition) is 0. The van der Waals surface area contributed by atoms with Crippen molar-refractivity contribution in [2.45, 2.75) is 26.7 Å². The quantitative estimate of drug-likeness (QED) is 0.376. The summed E-state index contributed by atoms with van der Waals surface area (Å²) < 4.78 is 9.01. The van der Waals surface area contributed by atoms with Gasteiger partial charge in [0.05, 0.1) is 0 Å². The van der Waals surface area contributed by atoms with Crippen LogP contribution in [-0.4, -0.2) is 46.2 Å². The summed E-state index contributed by atoms with van der Waals surface area (Å²) in [7, 11) is 0. The predicted octanol–water partition coefficient (Wildman–Crippen LogP) is 0.114. The molecular weight excluding hydrogens is 288 g/mol. The van der Waals surface area contributed by atoms with Crippen LogP contribution in [0.3, 0.4) is 0 Å². The van der Waals surface area contributed by atoms with Crippen LogP contribution in [0, 0.1) is 0 Å². The molecule has 0 rings (SSSR count). The van der Waals surface area contributed by atoms with Crippen molar-refractivity contribution in [3.63, 3.8) is 0 Å². The number of ketones is 2. The van der Waals surface area contributed by atoms with Crippen molar-refractivity contribution in [1.82, 2.24) is 0 Å². The molecule has 0 aromatic rings. The second-order valence-electron chi connectivity index (χ2n) is 3.68. The fourth-order valence-electron chi connectivity index (χ4n) is 1.14. The molecule has 0 atom stereocenters. The average Bonchev–Trinajstić information content (AvgIpc) is 2.33. The Bertz CT molecular complexity index is 307. The van der Waals surface area contributed by atoms with E-state index in [0.717, 1.165) is 0 Å². The molecule has 0 radical (unpaired) electrons. The molecule has 0 aliphatic carbocycles. The molecule has 6 nitrogen and oxygen atoms in total. The van der Waals surface area contributed by atoms with Gasteiger partial charge in [0, 0.05) is 0 Å². The van der Waals surface area contributed by atoms with E-state index in [0.29, 0.717) is 13.2 Å². The minimum atomic E-state index is -1.57. The van der Waals surface area contributed by atoms with Crippen LogP contribution in [0.1, 0.15) is 26.7 Å². The van der Waals surface area contributed by atoms with Crippen LogP contribution in [-0.2, 0) is 47.8 Å². The van der Waals surface area contributed by atoms with E-state index in [4.69, 9.17) is 9.47 Å². The molecule has 0 aromatic heterocycles. The van der Waals surface area contributed by atoms with Crippen LogP contribution in [0.5, 0.6) is 0 Å². The first-order valence-electron chi connectivity index (χ1n) is 6.01. The van der Waals surface area contributed by atoms with Gasteiger partial charge in [-0.1, -0.05) is 0 Å². The fraction of sp³-hybridized carbons (Fsp3) is 0.667. The molecule has 0 spiro atoms. The van der Waals surface area contributed by atoms with E-state index in [1.807, 2.05) is 0 Å². The predicted molar refractivity (Wildman–Crippen MR) is 62.2 cm³/mol. The molecule has 0 saturated heterocycles. The van der Waals surface area contributed by atoms with E-state index in [-0.39, 0.29) is 45.8 Å². The van der Waals surface area contributed by atoms with Crippen molar-refractivity contribution < 1.29 is 47.8 Å². The zero-order chi connectivity index (χ0) is 14.7. The molecule has 7 heteroatoms. The second kappa shape index (κ2) is 11.2. The maximum absolute atomic E-state index is 11.4. The summed E-state index contributed by atoms with van der Waals surface area (Å²) in [6.45, 7) is 4.09. The number of ether oxygens (including phenoxy) is 2. The van der Waals surface area contributed by atoms with E-state index < -0.39 is 19.2 Å². The van der Waals surface area contributed by atoms with E-state index in [1.165, 1.54) is 0 Å². The van der Waals surface area contributed by atoms with Gasteiger partial charge >= 0.3 is 121 Å². The summed E-state index contributed by atoms with van der Waals surface area (Å²) in [4.78, 5) is 45.3. The van der Waals surface area contributed by atoms with Gasteiger partial charge < -0.3 is 0 Å². The number of carbonyl (C=O) groups is 4. The molecule has 0 heterocycles. The topological polar surface area (TPSA) is 86.7 Å². The van der Waals surface area contributed by atoms with Gasteiger partial charge in [-0.25, -0.2) is 0 Å². The van der Waals surface area contributed by atoms with Crippen LogP contribution >= 0.6 is 0 Å². The summed E-state index contributed by atoms with van der Waals surface area (Å²) in [6.07, 6.45) is -0.545. The fourth-order valence-corrected chi connectivity index (χ4v) is 2.51. The molecule has 19 heavy (non-hydrogen) atoms. The summed E-state index contributed by atoms with van der Waals surface area (Å²) in [5.74, 6) is -0.659. The molecule has 0 saturated carbocycles. The third-order valence-corrected chi connectivity index (χ3v) is 3.35. The van der Waals surface area contributed by atoms with Crippen LogP contribution in [0.15, 0.2) is 0 Å². The Kier molecular flexibility index (Phi) is 10.8. The SMILES string of the molecule is CCOCC(=O)C[C](=O)[Ti+2][C](=O)CC(=O)COCC. The Morgan fingerprint density at radius 1 is 0.789 bits per heavy atom. The number of rotatable bonds is 12. The molecule has 0 aromatic carbocycles. The first-order chi connectivity index (χ1) is 8.99. The van der Waals surface area contributed by atoms with Crippen molar-refractivity contribution in [3.05, 3.63) is 0 Å².